The first-order chi connectivity index (χ1) is 12.0. The van der Waals surface area contributed by atoms with Crippen LogP contribution in [-0.2, 0) is 14.3 Å². The lowest BCUT2D eigenvalue weighted by molar-refractivity contribution is -0.137. The van der Waals surface area contributed by atoms with Crippen molar-refractivity contribution < 1.29 is 19.4 Å². The third-order valence-corrected chi connectivity index (χ3v) is 4.77. The number of benzene rings is 1. The van der Waals surface area contributed by atoms with E-state index in [1.54, 1.807) is 6.92 Å². The highest BCUT2D eigenvalue weighted by molar-refractivity contribution is 8.03. The van der Waals surface area contributed by atoms with E-state index < -0.39 is 17.9 Å². The predicted octanol–water partition coefficient (Wildman–Crippen LogP) is 2.76. The van der Waals surface area contributed by atoms with E-state index in [0.29, 0.717) is 27.6 Å². The van der Waals surface area contributed by atoms with Crippen LogP contribution in [0.25, 0.3) is 0 Å². The Hall–Kier alpha value is -2.72. The molecular weight excluding hydrogens is 340 g/mol. The van der Waals surface area contributed by atoms with E-state index >= 15 is 0 Å². The smallest absolute Gasteiger partial charge is 0.336 e. The molecule has 0 aliphatic carbocycles. The number of nitriles is 1. The van der Waals surface area contributed by atoms with Gasteiger partial charge in [0.05, 0.1) is 41.7 Å². The molecule has 1 unspecified atom stereocenters. The molecule has 7 heteroatoms. The van der Waals surface area contributed by atoms with Gasteiger partial charge < -0.3 is 15.2 Å². The molecule has 130 valence electrons. The van der Waals surface area contributed by atoms with Crippen LogP contribution in [0.3, 0.4) is 0 Å². The van der Waals surface area contributed by atoms with Crippen molar-refractivity contribution >= 4 is 23.7 Å². The first kappa shape index (κ1) is 18.6. The molecule has 1 aromatic carbocycles. The Balaban J connectivity index is 2.49. The Morgan fingerprint density at radius 1 is 1.36 bits per heavy atom. The number of carboxylic acid groups (broad SMARTS) is 1. The highest BCUT2D eigenvalue weighted by atomic mass is 32.2. The standard InChI is InChI=1S/C18H18N2O4S/c1-11-15(18(23)24-2)16(12-6-4-3-5-7-12)13(10-19)17(20-11)25-9-8-14(21)22/h3-7,16,20H,8-9H2,1-2H3,(H,21,22). The number of hydrogen-bond donors (Lipinski definition) is 2. The number of ether oxygens (including phenoxy) is 1. The fourth-order valence-electron chi connectivity index (χ4n) is 2.63. The quantitative estimate of drug-likeness (QED) is 0.754. The van der Waals surface area contributed by atoms with Gasteiger partial charge in [0.15, 0.2) is 0 Å². The Morgan fingerprint density at radius 3 is 2.60 bits per heavy atom. The maximum Gasteiger partial charge on any atom is 0.336 e. The van der Waals surface area contributed by atoms with E-state index in [-0.39, 0.29) is 6.42 Å². The van der Waals surface area contributed by atoms with Gasteiger partial charge in [0.25, 0.3) is 0 Å². The molecule has 1 atom stereocenters. The first-order valence-electron chi connectivity index (χ1n) is 7.59. The summed E-state index contributed by atoms with van der Waals surface area (Å²) in [5.41, 5.74) is 2.16. The summed E-state index contributed by atoms with van der Waals surface area (Å²) in [6.07, 6.45) is -0.0167. The van der Waals surface area contributed by atoms with E-state index in [2.05, 4.69) is 11.4 Å². The zero-order chi connectivity index (χ0) is 18.4. The van der Waals surface area contributed by atoms with Crippen LogP contribution >= 0.6 is 11.8 Å². The normalized spacial score (nSPS) is 16.9. The number of allylic oxidation sites excluding steroid dienone is 2. The van der Waals surface area contributed by atoms with Gasteiger partial charge in [-0.15, -0.1) is 11.8 Å². The number of hydrogen-bond acceptors (Lipinski definition) is 6. The molecule has 0 radical (unpaired) electrons. The summed E-state index contributed by atoms with van der Waals surface area (Å²) >= 11 is 1.26. The van der Waals surface area contributed by atoms with Crippen molar-refractivity contribution in [1.29, 1.82) is 5.26 Å². The fourth-order valence-corrected chi connectivity index (χ4v) is 3.65. The largest absolute Gasteiger partial charge is 0.481 e. The summed E-state index contributed by atoms with van der Waals surface area (Å²) in [5, 5.41) is 22.2. The molecule has 2 N–H and O–H groups in total. The highest BCUT2D eigenvalue weighted by Crippen LogP contribution is 2.40. The molecule has 1 aliphatic rings. The topological polar surface area (TPSA) is 99.4 Å². The van der Waals surface area contributed by atoms with Gasteiger partial charge >= 0.3 is 11.9 Å². The van der Waals surface area contributed by atoms with Crippen molar-refractivity contribution in [2.45, 2.75) is 19.3 Å². The Labute approximate surface area is 150 Å². The molecule has 6 nitrogen and oxygen atoms in total. The second kappa shape index (κ2) is 8.40. The van der Waals surface area contributed by atoms with Crippen LogP contribution in [0.5, 0.6) is 0 Å². The number of carbonyl (C=O) groups excluding carboxylic acids is 1. The Kier molecular flexibility index (Phi) is 6.25. The number of dihydropyridines is 1. The van der Waals surface area contributed by atoms with Crippen molar-refractivity contribution in [3.05, 3.63) is 57.8 Å². The molecule has 0 fully saturated rings. The lowest BCUT2D eigenvalue weighted by Gasteiger charge is -2.29. The second-order valence-electron chi connectivity index (χ2n) is 5.35. The maximum absolute atomic E-state index is 12.3. The van der Waals surface area contributed by atoms with Gasteiger partial charge in [-0.1, -0.05) is 30.3 Å². The van der Waals surface area contributed by atoms with Gasteiger partial charge in [0.2, 0.25) is 0 Å². The molecule has 0 spiro atoms. The lowest BCUT2D eigenvalue weighted by Crippen LogP contribution is -2.28. The van der Waals surface area contributed by atoms with Crippen molar-refractivity contribution in [3.8, 4) is 6.07 Å². The number of esters is 1. The number of methoxy groups -OCH3 is 1. The minimum Gasteiger partial charge on any atom is -0.481 e. The molecule has 0 saturated heterocycles. The van der Waals surface area contributed by atoms with E-state index in [1.807, 2.05) is 30.3 Å². The van der Waals surface area contributed by atoms with Crippen molar-refractivity contribution in [3.63, 3.8) is 0 Å². The summed E-state index contributed by atoms with van der Waals surface area (Å²) in [5.74, 6) is -1.62. The zero-order valence-corrected chi connectivity index (χ0v) is 14.7. The van der Waals surface area contributed by atoms with Gasteiger partial charge in [-0.05, 0) is 12.5 Å². The molecule has 1 heterocycles. The van der Waals surface area contributed by atoms with Crippen molar-refractivity contribution in [1.82, 2.24) is 5.32 Å². The summed E-state index contributed by atoms with van der Waals surface area (Å²) in [6.45, 7) is 1.74. The van der Waals surface area contributed by atoms with Gasteiger partial charge in [0.1, 0.15) is 0 Å². The minimum absolute atomic E-state index is 0.0167. The van der Waals surface area contributed by atoms with Crippen molar-refractivity contribution in [2.75, 3.05) is 12.9 Å². The molecule has 1 aliphatic heterocycles. The van der Waals surface area contributed by atoms with E-state index in [9.17, 15) is 14.9 Å². The van der Waals surface area contributed by atoms with Crippen LogP contribution in [0.15, 0.2) is 52.2 Å². The van der Waals surface area contributed by atoms with Crippen molar-refractivity contribution in [2.24, 2.45) is 0 Å². The molecule has 25 heavy (non-hydrogen) atoms. The monoisotopic (exact) mass is 358 g/mol. The lowest BCUT2D eigenvalue weighted by atomic mass is 9.82. The molecule has 1 aromatic rings. The average molecular weight is 358 g/mol. The van der Waals surface area contributed by atoms with Crippen LogP contribution in [0.2, 0.25) is 0 Å². The molecule has 0 aromatic heterocycles. The number of nitrogens with one attached hydrogen (secondary N) is 1. The summed E-state index contributed by atoms with van der Waals surface area (Å²) in [4.78, 5) is 23.0. The average Bonchev–Trinajstić information content (AvgIpc) is 2.61. The first-order valence-corrected chi connectivity index (χ1v) is 8.58. The summed E-state index contributed by atoms with van der Waals surface area (Å²) in [7, 11) is 1.30. The number of rotatable bonds is 6. The number of nitrogens with zero attached hydrogens (tertiary/aromatic N) is 1. The number of thioether (sulfide) groups is 1. The van der Waals surface area contributed by atoms with Crippen LogP contribution in [0.4, 0.5) is 0 Å². The third-order valence-electron chi connectivity index (χ3n) is 3.75. The van der Waals surface area contributed by atoms with E-state index in [4.69, 9.17) is 9.84 Å². The number of carbonyl (C=O) groups is 2. The van der Waals surface area contributed by atoms with Gasteiger partial charge in [0, 0.05) is 11.4 Å². The fraction of sp³-hybridized carbons (Fsp3) is 0.278. The van der Waals surface area contributed by atoms with E-state index in [1.165, 1.54) is 18.9 Å². The third kappa shape index (κ3) is 4.22. The Bertz CT molecular complexity index is 778. The molecule has 0 bridgehead atoms. The van der Waals surface area contributed by atoms with Gasteiger partial charge in [-0.25, -0.2) is 4.79 Å². The SMILES string of the molecule is COC(=O)C1=C(C)NC(SCCC(=O)O)=C(C#N)C1c1ccccc1. The molecular formula is C18H18N2O4S. The van der Waals surface area contributed by atoms with Crippen LogP contribution in [-0.4, -0.2) is 29.9 Å². The zero-order valence-electron chi connectivity index (χ0n) is 13.9. The van der Waals surface area contributed by atoms with Gasteiger partial charge in [-0.2, -0.15) is 5.26 Å². The molecule has 0 saturated carbocycles. The number of aliphatic carboxylic acids is 1. The summed E-state index contributed by atoms with van der Waals surface area (Å²) < 4.78 is 4.90. The predicted molar refractivity (Wildman–Crippen MR) is 94.4 cm³/mol. The highest BCUT2D eigenvalue weighted by Gasteiger charge is 2.35. The summed E-state index contributed by atoms with van der Waals surface area (Å²) in [6, 6.07) is 11.4. The molecule has 0 amide bonds. The van der Waals surface area contributed by atoms with Crippen LogP contribution < -0.4 is 5.32 Å². The molecule has 2 rings (SSSR count). The Morgan fingerprint density at radius 2 is 2.04 bits per heavy atom. The van der Waals surface area contributed by atoms with Crippen LogP contribution in [0.1, 0.15) is 24.8 Å². The van der Waals surface area contributed by atoms with E-state index in [0.717, 1.165) is 5.56 Å². The maximum atomic E-state index is 12.3. The van der Waals surface area contributed by atoms with Crippen LogP contribution in [0, 0.1) is 11.3 Å². The van der Waals surface area contributed by atoms with Gasteiger partial charge in [-0.3, -0.25) is 4.79 Å². The second-order valence-corrected chi connectivity index (χ2v) is 6.45. The minimum atomic E-state index is -0.899. The number of carboxylic acids is 1.